The molecule has 7 heteroatoms. The van der Waals surface area contributed by atoms with Crippen molar-refractivity contribution in [2.75, 3.05) is 23.9 Å². The van der Waals surface area contributed by atoms with Crippen LogP contribution in [-0.4, -0.2) is 21.2 Å². The van der Waals surface area contributed by atoms with Crippen LogP contribution in [0.1, 0.15) is 4.88 Å². The first-order chi connectivity index (χ1) is 9.36. The summed E-state index contributed by atoms with van der Waals surface area (Å²) in [6, 6.07) is 8.85. The van der Waals surface area contributed by atoms with E-state index < -0.39 is 9.84 Å². The molecule has 0 atom stereocenters. The molecule has 1 aromatic carbocycles. The van der Waals surface area contributed by atoms with Crippen LogP contribution in [0.4, 0.5) is 11.4 Å². The van der Waals surface area contributed by atoms with Gasteiger partial charge in [0.25, 0.3) is 0 Å². The highest BCUT2D eigenvalue weighted by molar-refractivity contribution is 9.11. The Balaban J connectivity index is 2.00. The third kappa shape index (κ3) is 3.97. The molecule has 0 amide bonds. The van der Waals surface area contributed by atoms with Gasteiger partial charge in [-0.3, -0.25) is 0 Å². The molecule has 2 rings (SSSR count). The van der Waals surface area contributed by atoms with Crippen LogP contribution in [0, 0.1) is 0 Å². The number of thiophene rings is 1. The van der Waals surface area contributed by atoms with Crippen molar-refractivity contribution in [3.63, 3.8) is 0 Å². The summed E-state index contributed by atoms with van der Waals surface area (Å²) in [5, 5.41) is 3.22. The second-order valence-electron chi connectivity index (χ2n) is 4.40. The van der Waals surface area contributed by atoms with E-state index in [1.165, 1.54) is 17.2 Å². The van der Waals surface area contributed by atoms with E-state index in [4.69, 9.17) is 5.73 Å². The SMILES string of the molecule is CS(=O)(=O)c1ccc(NCCc2ccc(Br)s2)c(N)c1. The monoisotopic (exact) mass is 374 g/mol. The highest BCUT2D eigenvalue weighted by Crippen LogP contribution is 2.24. The van der Waals surface area contributed by atoms with E-state index in [0.29, 0.717) is 5.69 Å². The normalized spacial score (nSPS) is 11.5. The maximum absolute atomic E-state index is 11.4. The zero-order valence-corrected chi connectivity index (χ0v) is 14.1. The van der Waals surface area contributed by atoms with Crippen LogP contribution in [-0.2, 0) is 16.3 Å². The van der Waals surface area contributed by atoms with Gasteiger partial charge in [0.15, 0.2) is 9.84 Å². The molecule has 1 heterocycles. The van der Waals surface area contributed by atoms with Crippen molar-refractivity contribution in [2.24, 2.45) is 0 Å². The quantitative estimate of drug-likeness (QED) is 0.788. The van der Waals surface area contributed by atoms with E-state index >= 15 is 0 Å². The van der Waals surface area contributed by atoms with Gasteiger partial charge in [-0.1, -0.05) is 0 Å². The number of anilines is 2. The largest absolute Gasteiger partial charge is 0.397 e. The number of benzene rings is 1. The summed E-state index contributed by atoms with van der Waals surface area (Å²) < 4.78 is 24.0. The van der Waals surface area contributed by atoms with Crippen LogP contribution in [0.5, 0.6) is 0 Å². The third-order valence-corrected chi connectivity index (χ3v) is 5.56. The smallest absolute Gasteiger partial charge is 0.175 e. The Bertz CT molecular complexity index is 711. The Kier molecular flexibility index (Phi) is 4.72. The second-order valence-corrected chi connectivity index (χ2v) is 8.97. The Morgan fingerprint density at radius 1 is 1.30 bits per heavy atom. The van der Waals surface area contributed by atoms with E-state index in [2.05, 4.69) is 27.3 Å². The Morgan fingerprint density at radius 3 is 2.60 bits per heavy atom. The zero-order chi connectivity index (χ0) is 14.8. The van der Waals surface area contributed by atoms with Crippen LogP contribution >= 0.6 is 27.3 Å². The number of hydrogen-bond donors (Lipinski definition) is 2. The molecular weight excluding hydrogens is 360 g/mol. The third-order valence-electron chi connectivity index (χ3n) is 2.77. The minimum atomic E-state index is -3.21. The van der Waals surface area contributed by atoms with Crippen molar-refractivity contribution in [2.45, 2.75) is 11.3 Å². The van der Waals surface area contributed by atoms with Gasteiger partial charge in [0.1, 0.15) is 0 Å². The lowest BCUT2D eigenvalue weighted by Crippen LogP contribution is -2.07. The van der Waals surface area contributed by atoms with Gasteiger partial charge in [-0.05, 0) is 52.7 Å². The van der Waals surface area contributed by atoms with Gasteiger partial charge in [0.05, 0.1) is 20.1 Å². The first kappa shape index (κ1) is 15.3. The lowest BCUT2D eigenvalue weighted by Gasteiger charge is -2.10. The highest BCUT2D eigenvalue weighted by atomic mass is 79.9. The predicted molar refractivity (Wildman–Crippen MR) is 88.2 cm³/mol. The van der Waals surface area contributed by atoms with Crippen molar-refractivity contribution < 1.29 is 8.42 Å². The van der Waals surface area contributed by atoms with E-state index in [-0.39, 0.29) is 4.90 Å². The summed E-state index contributed by atoms with van der Waals surface area (Å²) in [5.74, 6) is 0. The molecule has 2 aromatic rings. The van der Waals surface area contributed by atoms with E-state index in [9.17, 15) is 8.42 Å². The number of nitrogens with two attached hydrogens (primary N) is 1. The lowest BCUT2D eigenvalue weighted by molar-refractivity contribution is 0.602. The van der Waals surface area contributed by atoms with Crippen LogP contribution in [0.25, 0.3) is 0 Å². The lowest BCUT2D eigenvalue weighted by atomic mass is 10.2. The molecule has 0 saturated carbocycles. The molecule has 1 aromatic heterocycles. The standard InChI is InChI=1S/C13H15BrN2O2S2/c1-20(17,18)10-3-4-12(11(15)8-10)16-7-6-9-2-5-13(14)19-9/h2-5,8,16H,6-7,15H2,1H3. The maximum atomic E-state index is 11.4. The van der Waals surface area contributed by atoms with Crippen LogP contribution in [0.15, 0.2) is 39.0 Å². The van der Waals surface area contributed by atoms with Gasteiger partial charge in [0.2, 0.25) is 0 Å². The van der Waals surface area contributed by atoms with Gasteiger partial charge in [-0.15, -0.1) is 11.3 Å². The zero-order valence-electron chi connectivity index (χ0n) is 10.9. The van der Waals surface area contributed by atoms with Gasteiger partial charge in [-0.25, -0.2) is 8.42 Å². The van der Waals surface area contributed by atoms with Crippen molar-refractivity contribution >= 4 is 48.5 Å². The Morgan fingerprint density at radius 2 is 2.05 bits per heavy atom. The predicted octanol–water partition coefficient (Wildman–Crippen LogP) is 3.15. The molecule has 3 N–H and O–H groups in total. The van der Waals surface area contributed by atoms with E-state index in [1.54, 1.807) is 23.5 Å². The number of nitrogens with one attached hydrogen (secondary N) is 1. The Labute approximate surface area is 131 Å². The van der Waals surface area contributed by atoms with Crippen molar-refractivity contribution in [3.05, 3.63) is 39.0 Å². The maximum Gasteiger partial charge on any atom is 0.175 e. The number of sulfone groups is 1. The fourth-order valence-corrected chi connectivity index (χ4v) is 3.88. The van der Waals surface area contributed by atoms with E-state index in [1.807, 2.05) is 6.07 Å². The molecule has 0 saturated heterocycles. The molecule has 20 heavy (non-hydrogen) atoms. The summed E-state index contributed by atoms with van der Waals surface area (Å²) in [7, 11) is -3.21. The minimum absolute atomic E-state index is 0.239. The number of rotatable bonds is 5. The average Bonchev–Trinajstić information content (AvgIpc) is 2.76. The molecule has 0 aliphatic heterocycles. The molecule has 0 bridgehead atoms. The number of hydrogen-bond acceptors (Lipinski definition) is 5. The van der Waals surface area contributed by atoms with Gasteiger partial charge >= 0.3 is 0 Å². The summed E-state index contributed by atoms with van der Waals surface area (Å²) in [4.78, 5) is 1.51. The number of halogens is 1. The number of nitrogen functional groups attached to an aromatic ring is 1. The molecule has 108 valence electrons. The van der Waals surface area contributed by atoms with Crippen molar-refractivity contribution in [3.8, 4) is 0 Å². The van der Waals surface area contributed by atoms with Gasteiger partial charge < -0.3 is 11.1 Å². The molecule has 0 aliphatic rings. The molecule has 0 spiro atoms. The molecule has 0 radical (unpaired) electrons. The fraction of sp³-hybridized carbons (Fsp3) is 0.231. The summed E-state index contributed by atoms with van der Waals surface area (Å²) in [5.41, 5.74) is 7.07. The minimum Gasteiger partial charge on any atom is -0.397 e. The first-order valence-corrected chi connectivity index (χ1v) is 9.44. The van der Waals surface area contributed by atoms with Gasteiger partial charge in [0, 0.05) is 17.7 Å². The van der Waals surface area contributed by atoms with E-state index in [0.717, 1.165) is 22.4 Å². The summed E-state index contributed by atoms with van der Waals surface area (Å²) in [6.45, 7) is 0.745. The van der Waals surface area contributed by atoms with Crippen LogP contribution in [0.3, 0.4) is 0 Å². The molecule has 0 unspecified atom stereocenters. The van der Waals surface area contributed by atoms with Crippen molar-refractivity contribution in [1.82, 2.24) is 0 Å². The second kappa shape index (κ2) is 6.15. The fourth-order valence-electron chi connectivity index (χ4n) is 1.74. The summed E-state index contributed by atoms with van der Waals surface area (Å²) in [6.07, 6.45) is 2.06. The average molecular weight is 375 g/mol. The Hall–Kier alpha value is -1.05. The highest BCUT2D eigenvalue weighted by Gasteiger charge is 2.09. The molecule has 0 fully saturated rings. The molecule has 4 nitrogen and oxygen atoms in total. The first-order valence-electron chi connectivity index (χ1n) is 5.94. The van der Waals surface area contributed by atoms with Crippen molar-refractivity contribution in [1.29, 1.82) is 0 Å². The van der Waals surface area contributed by atoms with Crippen LogP contribution < -0.4 is 11.1 Å². The summed E-state index contributed by atoms with van der Waals surface area (Å²) >= 11 is 5.13. The topological polar surface area (TPSA) is 72.2 Å². The van der Waals surface area contributed by atoms with Crippen LogP contribution in [0.2, 0.25) is 0 Å². The molecular formula is C13H15BrN2O2S2. The molecule has 0 aliphatic carbocycles. The van der Waals surface area contributed by atoms with Gasteiger partial charge in [-0.2, -0.15) is 0 Å².